The molecule has 4 aliphatic carbocycles. The number of rotatable bonds is 1. The van der Waals surface area contributed by atoms with E-state index in [1.54, 1.807) is 6.07 Å². The number of phenolic OH excluding ortho intramolecular Hbond substituents is 1. The van der Waals surface area contributed by atoms with Gasteiger partial charge in [0.1, 0.15) is 5.75 Å². The lowest BCUT2D eigenvalue weighted by Gasteiger charge is -2.64. The monoisotopic (exact) mass is 271 g/mol. The number of benzene rings is 1. The van der Waals surface area contributed by atoms with Crippen LogP contribution in [0.15, 0.2) is 18.2 Å². The van der Waals surface area contributed by atoms with Crippen molar-refractivity contribution >= 4 is 5.69 Å². The van der Waals surface area contributed by atoms with Crippen LogP contribution >= 0.6 is 0 Å². The second-order valence-corrected chi connectivity index (χ2v) is 8.18. The van der Waals surface area contributed by atoms with Gasteiger partial charge in [0.15, 0.2) is 0 Å². The molecule has 1 aromatic carbocycles. The summed E-state index contributed by atoms with van der Waals surface area (Å²) in [5.41, 5.74) is 8.82. The highest BCUT2D eigenvalue weighted by Gasteiger charge is 2.59. The summed E-state index contributed by atoms with van der Waals surface area (Å²) in [5.74, 6) is 2.80. The van der Waals surface area contributed by atoms with Crippen molar-refractivity contribution in [1.29, 1.82) is 0 Å². The number of nitrogens with two attached hydrogens (primary N) is 1. The molecule has 0 spiro atoms. The van der Waals surface area contributed by atoms with Crippen LogP contribution in [0.4, 0.5) is 5.69 Å². The molecule has 2 nitrogen and oxygen atoms in total. The largest absolute Gasteiger partial charge is 0.506 e. The van der Waals surface area contributed by atoms with Crippen LogP contribution in [0.2, 0.25) is 0 Å². The Morgan fingerprint density at radius 3 is 2.40 bits per heavy atom. The molecule has 108 valence electrons. The lowest BCUT2D eigenvalue weighted by Crippen LogP contribution is -2.56. The van der Waals surface area contributed by atoms with Crippen LogP contribution in [0, 0.1) is 23.2 Å². The van der Waals surface area contributed by atoms with Crippen LogP contribution in [0.25, 0.3) is 0 Å². The van der Waals surface area contributed by atoms with Gasteiger partial charge in [-0.25, -0.2) is 0 Å². The van der Waals surface area contributed by atoms with Crippen LogP contribution in [0.1, 0.15) is 51.5 Å². The summed E-state index contributed by atoms with van der Waals surface area (Å²) in [6.07, 6.45) is 6.62. The SMILES string of the molecule is CC1(C)C2CC3CC1CC(c1cccc(O)c1N)(C3)C2. The molecule has 2 unspecified atom stereocenters. The molecular weight excluding hydrogens is 246 g/mol. The fourth-order valence-corrected chi connectivity index (χ4v) is 5.79. The van der Waals surface area contributed by atoms with E-state index in [2.05, 4.69) is 19.9 Å². The molecule has 4 fully saturated rings. The third-order valence-corrected chi connectivity index (χ3v) is 6.95. The van der Waals surface area contributed by atoms with Gasteiger partial charge in [-0.3, -0.25) is 0 Å². The molecule has 0 radical (unpaired) electrons. The third-order valence-electron chi connectivity index (χ3n) is 6.95. The summed E-state index contributed by atoms with van der Waals surface area (Å²) in [5, 5.41) is 9.98. The molecule has 0 aliphatic heterocycles. The van der Waals surface area contributed by atoms with Gasteiger partial charge in [-0.05, 0) is 72.3 Å². The van der Waals surface area contributed by atoms with Gasteiger partial charge in [0, 0.05) is 0 Å². The molecule has 4 aliphatic rings. The van der Waals surface area contributed by atoms with Crippen molar-refractivity contribution in [3.8, 4) is 5.75 Å². The Bertz CT molecular complexity index is 545. The van der Waals surface area contributed by atoms with E-state index in [0.29, 0.717) is 11.1 Å². The van der Waals surface area contributed by atoms with Crippen molar-refractivity contribution < 1.29 is 5.11 Å². The first-order chi connectivity index (χ1) is 9.42. The third kappa shape index (κ3) is 1.45. The number of phenols is 1. The average molecular weight is 271 g/mol. The molecule has 0 amide bonds. The molecule has 5 rings (SSSR count). The Morgan fingerprint density at radius 2 is 1.75 bits per heavy atom. The Labute approximate surface area is 121 Å². The van der Waals surface area contributed by atoms with Crippen molar-refractivity contribution in [3.63, 3.8) is 0 Å². The van der Waals surface area contributed by atoms with Crippen LogP contribution in [-0.4, -0.2) is 5.11 Å². The van der Waals surface area contributed by atoms with Gasteiger partial charge in [-0.1, -0.05) is 26.0 Å². The minimum absolute atomic E-state index is 0.245. The maximum atomic E-state index is 9.98. The first-order valence-corrected chi connectivity index (χ1v) is 8.00. The van der Waals surface area contributed by atoms with Crippen LogP contribution < -0.4 is 5.73 Å². The fourth-order valence-electron chi connectivity index (χ4n) is 5.79. The molecule has 3 N–H and O–H groups in total. The Hall–Kier alpha value is -1.18. The second-order valence-electron chi connectivity index (χ2n) is 8.18. The minimum atomic E-state index is 0.245. The summed E-state index contributed by atoms with van der Waals surface area (Å²) >= 11 is 0. The lowest BCUT2D eigenvalue weighted by atomic mass is 9.41. The predicted molar refractivity (Wildman–Crippen MR) is 81.5 cm³/mol. The number of nitrogen functional groups attached to an aromatic ring is 1. The van der Waals surface area contributed by atoms with Gasteiger partial charge in [0.25, 0.3) is 0 Å². The zero-order valence-corrected chi connectivity index (χ0v) is 12.5. The maximum Gasteiger partial charge on any atom is 0.138 e. The Kier molecular flexibility index (Phi) is 2.33. The Morgan fingerprint density at radius 1 is 1.10 bits per heavy atom. The number of para-hydroxylation sites is 1. The quantitative estimate of drug-likeness (QED) is 0.597. The number of anilines is 1. The van der Waals surface area contributed by atoms with Crippen LogP contribution in [0.3, 0.4) is 0 Å². The molecule has 0 saturated heterocycles. The highest BCUT2D eigenvalue weighted by molar-refractivity contribution is 5.61. The van der Waals surface area contributed by atoms with E-state index in [1.807, 2.05) is 6.07 Å². The van der Waals surface area contributed by atoms with E-state index >= 15 is 0 Å². The predicted octanol–water partition coefficient (Wildman–Crippen LogP) is 4.08. The summed E-state index contributed by atoms with van der Waals surface area (Å²) in [6, 6.07) is 5.84. The lowest BCUT2D eigenvalue weighted by molar-refractivity contribution is -0.103. The molecule has 4 saturated carbocycles. The van der Waals surface area contributed by atoms with Gasteiger partial charge in [0.2, 0.25) is 0 Å². The van der Waals surface area contributed by atoms with Gasteiger partial charge in [-0.15, -0.1) is 0 Å². The molecule has 2 atom stereocenters. The van der Waals surface area contributed by atoms with Gasteiger partial charge < -0.3 is 10.8 Å². The van der Waals surface area contributed by atoms with E-state index in [0.717, 1.165) is 17.8 Å². The fraction of sp³-hybridized carbons (Fsp3) is 0.667. The van der Waals surface area contributed by atoms with E-state index in [4.69, 9.17) is 5.73 Å². The van der Waals surface area contributed by atoms with Crippen LogP contribution in [-0.2, 0) is 5.41 Å². The number of hydrogen-bond acceptors (Lipinski definition) is 2. The van der Waals surface area contributed by atoms with E-state index < -0.39 is 0 Å². The summed E-state index contributed by atoms with van der Waals surface area (Å²) in [4.78, 5) is 0. The molecule has 20 heavy (non-hydrogen) atoms. The van der Waals surface area contributed by atoms with Crippen molar-refractivity contribution in [1.82, 2.24) is 0 Å². The van der Waals surface area contributed by atoms with Crippen LogP contribution in [0.5, 0.6) is 5.75 Å². The highest BCUT2D eigenvalue weighted by atomic mass is 16.3. The molecule has 0 aromatic heterocycles. The average Bonchev–Trinajstić information content (AvgIpc) is 2.39. The second kappa shape index (κ2) is 3.72. The molecule has 0 heterocycles. The topological polar surface area (TPSA) is 46.2 Å². The van der Waals surface area contributed by atoms with E-state index in [-0.39, 0.29) is 11.2 Å². The minimum Gasteiger partial charge on any atom is -0.506 e. The number of hydrogen-bond donors (Lipinski definition) is 2. The first-order valence-electron chi connectivity index (χ1n) is 8.00. The number of aromatic hydroxyl groups is 1. The van der Waals surface area contributed by atoms with Crippen molar-refractivity contribution in [2.24, 2.45) is 23.2 Å². The molecule has 2 heteroatoms. The van der Waals surface area contributed by atoms with E-state index in [1.165, 1.54) is 37.7 Å². The molecule has 4 bridgehead atoms. The standard InChI is InChI=1S/C18H25NO/c1-17(2)12-6-11-7-13(17)10-18(8-11,9-12)14-4-3-5-15(20)16(14)19/h3-5,11-13,20H,6-10,19H2,1-2H3. The summed E-state index contributed by atoms with van der Waals surface area (Å²) < 4.78 is 0. The van der Waals surface area contributed by atoms with Crippen molar-refractivity contribution in [2.75, 3.05) is 5.73 Å². The zero-order chi connectivity index (χ0) is 14.1. The smallest absolute Gasteiger partial charge is 0.138 e. The van der Waals surface area contributed by atoms with E-state index in [9.17, 15) is 5.11 Å². The normalized spacial score (nSPS) is 41.0. The summed E-state index contributed by atoms with van der Waals surface area (Å²) in [7, 11) is 0. The van der Waals surface area contributed by atoms with Gasteiger partial charge in [-0.2, -0.15) is 0 Å². The highest BCUT2D eigenvalue weighted by Crippen LogP contribution is 2.67. The first kappa shape index (κ1) is 12.6. The summed E-state index contributed by atoms with van der Waals surface area (Å²) in [6.45, 7) is 4.94. The Balaban J connectivity index is 1.81. The van der Waals surface area contributed by atoms with Crippen molar-refractivity contribution in [2.45, 2.75) is 51.4 Å². The van der Waals surface area contributed by atoms with Crippen molar-refractivity contribution in [3.05, 3.63) is 23.8 Å². The molecule has 1 aromatic rings. The molecular formula is C18H25NO. The van der Waals surface area contributed by atoms with Gasteiger partial charge >= 0.3 is 0 Å². The maximum absolute atomic E-state index is 9.98. The van der Waals surface area contributed by atoms with Gasteiger partial charge in [0.05, 0.1) is 5.69 Å². The zero-order valence-electron chi connectivity index (χ0n) is 12.5.